The van der Waals surface area contributed by atoms with Gasteiger partial charge in [0.25, 0.3) is 5.91 Å². The molecule has 2 aliphatic heterocycles. The van der Waals surface area contributed by atoms with Gasteiger partial charge in [-0.15, -0.1) is 0 Å². The van der Waals surface area contributed by atoms with Crippen LogP contribution in [0, 0.1) is 0 Å². The van der Waals surface area contributed by atoms with E-state index in [1.807, 2.05) is 0 Å². The predicted molar refractivity (Wildman–Crippen MR) is 96.2 cm³/mol. The van der Waals surface area contributed by atoms with E-state index in [2.05, 4.69) is 0 Å². The van der Waals surface area contributed by atoms with Crippen LogP contribution >= 0.6 is 11.6 Å². The van der Waals surface area contributed by atoms with E-state index >= 15 is 0 Å². The molecule has 0 spiro atoms. The standard InChI is InChI=1S/C17H24ClN3O3S/c18-15-6-2-3-7-16(15)25(23,24)21-12-10-20(11-13-21)17(22)14-19-8-4-1-5-9-19/h2-3,6-7H,1,4-5,8-14H2/p+1. The lowest BCUT2D eigenvalue weighted by atomic mass is 10.1. The van der Waals surface area contributed by atoms with Crippen LogP contribution in [-0.4, -0.2) is 69.3 Å². The Hall–Kier alpha value is -1.15. The number of benzene rings is 1. The Bertz CT molecular complexity index is 712. The highest BCUT2D eigenvalue weighted by Gasteiger charge is 2.32. The number of sulfonamides is 1. The molecule has 1 amide bonds. The van der Waals surface area contributed by atoms with Crippen molar-refractivity contribution in [3.8, 4) is 0 Å². The highest BCUT2D eigenvalue weighted by molar-refractivity contribution is 7.89. The molecule has 138 valence electrons. The Morgan fingerprint density at radius 1 is 1.04 bits per heavy atom. The third kappa shape index (κ3) is 4.34. The fourth-order valence-corrected chi connectivity index (χ4v) is 5.44. The number of carbonyl (C=O) groups excluding carboxylic acids is 1. The summed E-state index contributed by atoms with van der Waals surface area (Å²) < 4.78 is 26.9. The fourth-order valence-electron chi connectivity index (χ4n) is 3.53. The summed E-state index contributed by atoms with van der Waals surface area (Å²) in [4.78, 5) is 15.7. The first-order chi connectivity index (χ1) is 12.0. The number of rotatable bonds is 4. The lowest BCUT2D eigenvalue weighted by Gasteiger charge is -2.35. The van der Waals surface area contributed by atoms with Crippen molar-refractivity contribution in [3.05, 3.63) is 29.3 Å². The Morgan fingerprint density at radius 2 is 1.68 bits per heavy atom. The largest absolute Gasteiger partial charge is 0.335 e. The second-order valence-corrected chi connectivity index (χ2v) is 9.02. The minimum atomic E-state index is -3.61. The van der Waals surface area contributed by atoms with E-state index in [0.717, 1.165) is 13.1 Å². The number of carbonyl (C=O) groups is 1. The van der Waals surface area contributed by atoms with Crippen LogP contribution in [-0.2, 0) is 14.8 Å². The first-order valence-corrected chi connectivity index (χ1v) is 10.7. The zero-order valence-corrected chi connectivity index (χ0v) is 15.9. The Kier molecular flexibility index (Phi) is 5.99. The number of hydrogen-bond donors (Lipinski definition) is 1. The van der Waals surface area contributed by atoms with Crippen molar-refractivity contribution in [2.75, 3.05) is 45.8 Å². The molecule has 0 saturated carbocycles. The maximum atomic E-state index is 12.7. The Labute approximate surface area is 154 Å². The van der Waals surface area contributed by atoms with Crippen LogP contribution in [0.15, 0.2) is 29.2 Å². The molecule has 2 heterocycles. The minimum Gasteiger partial charge on any atom is -0.335 e. The van der Waals surface area contributed by atoms with Gasteiger partial charge in [0.05, 0.1) is 18.1 Å². The second-order valence-electron chi connectivity index (χ2n) is 6.70. The van der Waals surface area contributed by atoms with Crippen molar-refractivity contribution in [3.63, 3.8) is 0 Å². The van der Waals surface area contributed by atoms with Crippen molar-refractivity contribution in [2.45, 2.75) is 24.2 Å². The van der Waals surface area contributed by atoms with Crippen LogP contribution in [0.2, 0.25) is 5.02 Å². The summed E-state index contributed by atoms with van der Waals surface area (Å²) in [6, 6.07) is 6.48. The number of nitrogens with one attached hydrogen (secondary N) is 1. The summed E-state index contributed by atoms with van der Waals surface area (Å²) in [6.45, 7) is 4.16. The molecule has 0 aliphatic carbocycles. The lowest BCUT2D eigenvalue weighted by Crippen LogP contribution is -3.13. The Balaban J connectivity index is 1.58. The smallest absolute Gasteiger partial charge is 0.277 e. The molecular formula is C17H25ClN3O3S+. The van der Waals surface area contributed by atoms with E-state index in [4.69, 9.17) is 11.6 Å². The molecule has 3 rings (SSSR count). The minimum absolute atomic E-state index is 0.131. The molecule has 2 saturated heterocycles. The number of halogens is 1. The highest BCUT2D eigenvalue weighted by Crippen LogP contribution is 2.24. The second kappa shape index (κ2) is 8.03. The predicted octanol–water partition coefficient (Wildman–Crippen LogP) is 0.242. The van der Waals surface area contributed by atoms with Gasteiger partial charge in [0, 0.05) is 26.2 Å². The van der Waals surface area contributed by atoms with Gasteiger partial charge < -0.3 is 9.80 Å². The average Bonchev–Trinajstić information content (AvgIpc) is 2.63. The zero-order valence-electron chi connectivity index (χ0n) is 14.3. The number of hydrogen-bond acceptors (Lipinski definition) is 3. The van der Waals surface area contributed by atoms with Crippen LogP contribution in [0.5, 0.6) is 0 Å². The van der Waals surface area contributed by atoms with Gasteiger partial charge in [-0.1, -0.05) is 23.7 Å². The topological polar surface area (TPSA) is 62.1 Å². The van der Waals surface area contributed by atoms with Gasteiger partial charge in [0.2, 0.25) is 10.0 Å². The van der Waals surface area contributed by atoms with Crippen molar-refractivity contribution in [1.82, 2.24) is 9.21 Å². The normalized spacial score (nSPS) is 20.6. The molecule has 0 unspecified atom stereocenters. The number of quaternary nitrogens is 1. The number of nitrogens with zero attached hydrogens (tertiary/aromatic N) is 2. The van der Waals surface area contributed by atoms with E-state index in [0.29, 0.717) is 32.7 Å². The van der Waals surface area contributed by atoms with E-state index < -0.39 is 10.0 Å². The van der Waals surface area contributed by atoms with E-state index in [1.165, 1.54) is 34.5 Å². The monoisotopic (exact) mass is 386 g/mol. The maximum absolute atomic E-state index is 12.7. The van der Waals surface area contributed by atoms with Crippen LogP contribution in [0.3, 0.4) is 0 Å². The first kappa shape index (κ1) is 18.6. The zero-order chi connectivity index (χ0) is 17.9. The number of likely N-dealkylation sites (tertiary alicyclic amines) is 1. The number of amides is 1. The number of piperidine rings is 1. The lowest BCUT2D eigenvalue weighted by molar-refractivity contribution is -0.897. The van der Waals surface area contributed by atoms with Gasteiger partial charge >= 0.3 is 0 Å². The summed E-state index contributed by atoms with van der Waals surface area (Å²) in [5.74, 6) is 0.131. The van der Waals surface area contributed by atoms with E-state index in [9.17, 15) is 13.2 Å². The SMILES string of the molecule is O=C(C[NH+]1CCCCC1)N1CCN(S(=O)(=O)c2ccccc2Cl)CC1. The van der Waals surface area contributed by atoms with Crippen molar-refractivity contribution >= 4 is 27.5 Å². The first-order valence-electron chi connectivity index (χ1n) is 8.84. The highest BCUT2D eigenvalue weighted by atomic mass is 35.5. The van der Waals surface area contributed by atoms with Crippen LogP contribution < -0.4 is 4.90 Å². The molecule has 0 bridgehead atoms. The molecule has 1 aromatic carbocycles. The van der Waals surface area contributed by atoms with Crippen LogP contribution in [0.1, 0.15) is 19.3 Å². The van der Waals surface area contributed by atoms with Gasteiger partial charge in [-0.05, 0) is 31.4 Å². The fraction of sp³-hybridized carbons (Fsp3) is 0.588. The summed E-state index contributed by atoms with van der Waals surface area (Å²) in [5, 5.41) is 0.231. The van der Waals surface area contributed by atoms with Gasteiger partial charge in [0.15, 0.2) is 6.54 Å². The molecule has 8 heteroatoms. The summed E-state index contributed by atoms with van der Waals surface area (Å²) >= 11 is 6.04. The molecular weight excluding hydrogens is 362 g/mol. The van der Waals surface area contributed by atoms with Gasteiger partial charge in [-0.3, -0.25) is 4.79 Å². The van der Waals surface area contributed by atoms with Gasteiger partial charge in [-0.25, -0.2) is 8.42 Å². The molecule has 0 radical (unpaired) electrons. The van der Waals surface area contributed by atoms with Crippen molar-refractivity contribution < 1.29 is 18.1 Å². The van der Waals surface area contributed by atoms with Crippen molar-refractivity contribution in [2.24, 2.45) is 0 Å². The molecule has 25 heavy (non-hydrogen) atoms. The average molecular weight is 387 g/mol. The molecule has 1 N–H and O–H groups in total. The number of piperazine rings is 1. The van der Waals surface area contributed by atoms with E-state index in [1.54, 1.807) is 23.1 Å². The quantitative estimate of drug-likeness (QED) is 0.806. The summed E-state index contributed by atoms with van der Waals surface area (Å²) in [7, 11) is -3.61. The molecule has 0 aromatic heterocycles. The van der Waals surface area contributed by atoms with E-state index in [-0.39, 0.29) is 15.8 Å². The van der Waals surface area contributed by atoms with Gasteiger partial charge in [0.1, 0.15) is 4.90 Å². The third-order valence-corrected chi connectivity index (χ3v) is 7.41. The molecule has 6 nitrogen and oxygen atoms in total. The molecule has 0 atom stereocenters. The maximum Gasteiger partial charge on any atom is 0.277 e. The van der Waals surface area contributed by atoms with Crippen LogP contribution in [0.25, 0.3) is 0 Å². The van der Waals surface area contributed by atoms with Gasteiger partial charge in [-0.2, -0.15) is 4.31 Å². The third-order valence-electron chi connectivity index (χ3n) is 5.01. The summed E-state index contributed by atoms with van der Waals surface area (Å²) in [6.07, 6.45) is 3.63. The molecule has 2 fully saturated rings. The summed E-state index contributed by atoms with van der Waals surface area (Å²) in [5.41, 5.74) is 0. The Morgan fingerprint density at radius 3 is 2.32 bits per heavy atom. The van der Waals surface area contributed by atoms with Crippen molar-refractivity contribution in [1.29, 1.82) is 0 Å². The molecule has 1 aromatic rings. The van der Waals surface area contributed by atoms with Crippen LogP contribution in [0.4, 0.5) is 0 Å². The molecule has 2 aliphatic rings.